The van der Waals surface area contributed by atoms with Crippen LogP contribution in [0.3, 0.4) is 0 Å². The Morgan fingerprint density at radius 2 is 2.04 bits per heavy atom. The smallest absolute Gasteiger partial charge is 0.408 e. The first kappa shape index (κ1) is 18.3. The van der Waals surface area contributed by atoms with Crippen molar-refractivity contribution < 1.29 is 14.3 Å². The molecule has 0 radical (unpaired) electrons. The van der Waals surface area contributed by atoms with E-state index in [-0.39, 0.29) is 5.78 Å². The van der Waals surface area contributed by atoms with Gasteiger partial charge in [0, 0.05) is 11.4 Å². The molecule has 0 spiro atoms. The zero-order chi connectivity index (χ0) is 17.9. The quantitative estimate of drug-likeness (QED) is 0.854. The minimum absolute atomic E-state index is 0.0771. The number of carbonyl (C=O) groups excluding carboxylic acids is 2. The van der Waals surface area contributed by atoms with Gasteiger partial charge in [0.1, 0.15) is 5.60 Å². The maximum absolute atomic E-state index is 12.2. The van der Waals surface area contributed by atoms with E-state index < -0.39 is 17.7 Å². The molecule has 1 aliphatic carbocycles. The third kappa shape index (κ3) is 4.96. The molecule has 2 rings (SSSR count). The van der Waals surface area contributed by atoms with Crippen molar-refractivity contribution in [3.63, 3.8) is 0 Å². The summed E-state index contributed by atoms with van der Waals surface area (Å²) in [5, 5.41) is 3.40. The van der Waals surface area contributed by atoms with Crippen LogP contribution in [0.1, 0.15) is 45.2 Å². The van der Waals surface area contributed by atoms with Gasteiger partial charge in [0.15, 0.2) is 5.78 Å². The van der Waals surface area contributed by atoms with Crippen LogP contribution in [0.15, 0.2) is 48.1 Å². The van der Waals surface area contributed by atoms with Crippen LogP contribution in [0, 0.1) is 0 Å². The molecule has 24 heavy (non-hydrogen) atoms. The van der Waals surface area contributed by atoms with E-state index in [1.54, 1.807) is 39.0 Å². The molecule has 0 saturated carbocycles. The second kappa shape index (κ2) is 7.22. The summed E-state index contributed by atoms with van der Waals surface area (Å²) < 4.78 is 5.34. The average molecular weight is 348 g/mol. The van der Waals surface area contributed by atoms with Gasteiger partial charge < -0.3 is 10.1 Å². The highest BCUT2D eigenvalue weighted by molar-refractivity contribution is 6.30. The van der Waals surface area contributed by atoms with Gasteiger partial charge in [-0.1, -0.05) is 30.3 Å². The Labute approximate surface area is 147 Å². The number of alkyl carbamates (subject to hydrolysis) is 1. The van der Waals surface area contributed by atoms with Crippen molar-refractivity contribution in [2.24, 2.45) is 0 Å². The Balaban J connectivity index is 2.28. The fourth-order valence-corrected chi connectivity index (χ4v) is 2.72. The van der Waals surface area contributed by atoms with Gasteiger partial charge in [0.2, 0.25) is 0 Å². The fraction of sp³-hybridized carbons (Fsp3) is 0.368. The summed E-state index contributed by atoms with van der Waals surface area (Å²) >= 11 is 6.08. The number of rotatable bonds is 4. The van der Waals surface area contributed by atoms with E-state index in [9.17, 15) is 9.59 Å². The van der Waals surface area contributed by atoms with Gasteiger partial charge in [-0.2, -0.15) is 0 Å². The van der Waals surface area contributed by atoms with Crippen LogP contribution in [0.5, 0.6) is 0 Å². The average Bonchev–Trinajstić information content (AvgIpc) is 2.89. The predicted octanol–water partition coefficient (Wildman–Crippen LogP) is 4.75. The SMILES string of the molecule is C=C(C1=CC(=O)CC1)C(NC(=O)OC(C)(C)C)c1cccc(Cl)c1. The Hall–Kier alpha value is -2.07. The van der Waals surface area contributed by atoms with E-state index in [0.717, 1.165) is 11.1 Å². The van der Waals surface area contributed by atoms with Gasteiger partial charge in [0.25, 0.3) is 0 Å². The second-order valence-corrected chi connectivity index (χ2v) is 7.23. The number of hydrogen-bond donors (Lipinski definition) is 1. The zero-order valence-electron chi connectivity index (χ0n) is 14.2. The summed E-state index contributed by atoms with van der Waals surface area (Å²) in [6, 6.07) is 6.69. The van der Waals surface area contributed by atoms with E-state index in [4.69, 9.17) is 16.3 Å². The Bertz CT molecular complexity index is 701. The number of halogens is 1. The number of ketones is 1. The lowest BCUT2D eigenvalue weighted by atomic mass is 9.93. The van der Waals surface area contributed by atoms with Gasteiger partial charge >= 0.3 is 6.09 Å². The monoisotopic (exact) mass is 347 g/mol. The predicted molar refractivity (Wildman–Crippen MR) is 95.0 cm³/mol. The minimum Gasteiger partial charge on any atom is -0.444 e. The minimum atomic E-state index is -0.604. The summed E-state index contributed by atoms with van der Waals surface area (Å²) in [4.78, 5) is 23.7. The molecule has 0 aromatic heterocycles. The van der Waals surface area contributed by atoms with Gasteiger partial charge in [-0.3, -0.25) is 4.79 Å². The number of benzene rings is 1. The molecule has 0 heterocycles. The lowest BCUT2D eigenvalue weighted by Gasteiger charge is -2.26. The van der Waals surface area contributed by atoms with Crippen molar-refractivity contribution in [2.45, 2.75) is 45.3 Å². The Kier molecular flexibility index (Phi) is 5.50. The van der Waals surface area contributed by atoms with Gasteiger partial charge in [0.05, 0.1) is 6.04 Å². The van der Waals surface area contributed by atoms with Crippen LogP contribution in [-0.4, -0.2) is 17.5 Å². The van der Waals surface area contributed by atoms with E-state index in [2.05, 4.69) is 11.9 Å². The molecule has 0 fully saturated rings. The van der Waals surface area contributed by atoms with E-state index in [1.807, 2.05) is 12.1 Å². The first-order chi connectivity index (χ1) is 11.2. The molecule has 1 atom stereocenters. The van der Waals surface area contributed by atoms with Crippen LogP contribution in [0.4, 0.5) is 4.79 Å². The molecule has 0 saturated heterocycles. The molecule has 1 N–H and O–H groups in total. The van der Waals surface area contributed by atoms with E-state index in [0.29, 0.717) is 23.4 Å². The summed E-state index contributed by atoms with van der Waals surface area (Å²) in [5.41, 5.74) is 1.71. The van der Waals surface area contributed by atoms with Crippen molar-refractivity contribution in [1.29, 1.82) is 0 Å². The number of amides is 1. The molecule has 128 valence electrons. The van der Waals surface area contributed by atoms with E-state index in [1.165, 1.54) is 0 Å². The summed E-state index contributed by atoms with van der Waals surface area (Å²) in [5.74, 6) is 0.0771. The third-order valence-corrected chi connectivity index (χ3v) is 3.82. The van der Waals surface area contributed by atoms with E-state index >= 15 is 0 Å². The topological polar surface area (TPSA) is 55.4 Å². The molecular formula is C19H22ClNO3. The maximum atomic E-state index is 12.2. The molecular weight excluding hydrogens is 326 g/mol. The van der Waals surface area contributed by atoms with Crippen molar-refractivity contribution in [2.75, 3.05) is 0 Å². The number of ether oxygens (including phenoxy) is 1. The fourth-order valence-electron chi connectivity index (χ4n) is 2.52. The molecule has 1 unspecified atom stereocenters. The number of carbonyl (C=O) groups is 2. The molecule has 0 aliphatic heterocycles. The first-order valence-corrected chi connectivity index (χ1v) is 8.21. The highest BCUT2D eigenvalue weighted by Crippen LogP contribution is 2.32. The third-order valence-electron chi connectivity index (χ3n) is 3.58. The maximum Gasteiger partial charge on any atom is 0.408 e. The van der Waals surface area contributed by atoms with Crippen molar-refractivity contribution >= 4 is 23.5 Å². The standard InChI is InChI=1S/C19H22ClNO3/c1-12(13-8-9-16(22)11-13)17(14-6-5-7-15(20)10-14)21-18(23)24-19(2,3)4/h5-7,10-11,17H,1,8-9H2,2-4H3,(H,21,23). The number of allylic oxidation sites excluding steroid dienone is 1. The number of hydrogen-bond acceptors (Lipinski definition) is 3. The van der Waals surface area contributed by atoms with Crippen molar-refractivity contribution in [3.05, 3.63) is 58.7 Å². The first-order valence-electron chi connectivity index (χ1n) is 7.83. The van der Waals surface area contributed by atoms with Crippen LogP contribution < -0.4 is 5.32 Å². The molecule has 5 heteroatoms. The van der Waals surface area contributed by atoms with Crippen molar-refractivity contribution in [3.8, 4) is 0 Å². The molecule has 1 aromatic carbocycles. The molecule has 1 amide bonds. The lowest BCUT2D eigenvalue weighted by Crippen LogP contribution is -2.35. The van der Waals surface area contributed by atoms with Gasteiger partial charge in [-0.05, 0) is 62.1 Å². The molecule has 4 nitrogen and oxygen atoms in total. The van der Waals surface area contributed by atoms with Crippen LogP contribution >= 0.6 is 11.6 Å². The normalized spacial score (nSPS) is 15.7. The highest BCUT2D eigenvalue weighted by atomic mass is 35.5. The van der Waals surface area contributed by atoms with Crippen LogP contribution in [0.25, 0.3) is 0 Å². The van der Waals surface area contributed by atoms with Crippen LogP contribution in [0.2, 0.25) is 5.02 Å². The highest BCUT2D eigenvalue weighted by Gasteiger charge is 2.26. The summed E-state index contributed by atoms with van der Waals surface area (Å²) in [6.07, 6.45) is 2.16. The molecule has 1 aliphatic rings. The second-order valence-electron chi connectivity index (χ2n) is 6.80. The zero-order valence-corrected chi connectivity index (χ0v) is 14.9. The molecule has 1 aromatic rings. The Morgan fingerprint density at radius 3 is 2.58 bits per heavy atom. The molecule has 0 bridgehead atoms. The number of nitrogens with one attached hydrogen (secondary N) is 1. The van der Waals surface area contributed by atoms with Gasteiger partial charge in [-0.15, -0.1) is 0 Å². The van der Waals surface area contributed by atoms with Gasteiger partial charge in [-0.25, -0.2) is 4.79 Å². The largest absolute Gasteiger partial charge is 0.444 e. The van der Waals surface area contributed by atoms with Crippen LogP contribution in [-0.2, 0) is 9.53 Å². The lowest BCUT2D eigenvalue weighted by molar-refractivity contribution is -0.114. The summed E-state index contributed by atoms with van der Waals surface area (Å²) in [6.45, 7) is 9.49. The van der Waals surface area contributed by atoms with Crippen molar-refractivity contribution in [1.82, 2.24) is 5.32 Å². The summed E-state index contributed by atoms with van der Waals surface area (Å²) in [7, 11) is 0. The Morgan fingerprint density at radius 1 is 1.33 bits per heavy atom.